The molecule has 6 nitrogen and oxygen atoms in total. The van der Waals surface area contributed by atoms with Gasteiger partial charge in [-0.05, 0) is 45.4 Å². The van der Waals surface area contributed by atoms with Gasteiger partial charge in [0.1, 0.15) is 11.4 Å². The molecule has 21 heavy (non-hydrogen) atoms. The first kappa shape index (κ1) is 17.5. The van der Waals surface area contributed by atoms with E-state index in [-0.39, 0.29) is 29.8 Å². The maximum atomic E-state index is 12.7. The average Bonchev–Trinajstić information content (AvgIpc) is 2.35. The highest BCUT2D eigenvalue weighted by Gasteiger charge is 2.30. The van der Waals surface area contributed by atoms with Crippen LogP contribution in [0.25, 0.3) is 0 Å². The predicted molar refractivity (Wildman–Crippen MR) is 81.3 cm³/mol. The van der Waals surface area contributed by atoms with Crippen molar-refractivity contribution in [1.29, 1.82) is 0 Å². The van der Waals surface area contributed by atoms with Gasteiger partial charge in [0.25, 0.3) is 0 Å². The summed E-state index contributed by atoms with van der Waals surface area (Å²) in [7, 11) is -3.85. The molecule has 0 aromatic heterocycles. The molecule has 0 aliphatic carbocycles. The minimum absolute atomic E-state index is 0.00565. The fourth-order valence-corrected chi connectivity index (χ4v) is 3.59. The molecule has 1 aromatic rings. The zero-order valence-corrected chi connectivity index (χ0v) is 13.6. The average molecular weight is 314 g/mol. The molecule has 0 fully saturated rings. The lowest BCUT2D eigenvalue weighted by molar-refractivity contribution is -0.143. The Labute approximate surface area is 125 Å². The number of benzene rings is 1. The van der Waals surface area contributed by atoms with Gasteiger partial charge in [-0.1, -0.05) is 6.07 Å². The van der Waals surface area contributed by atoms with Crippen LogP contribution in [-0.4, -0.2) is 37.9 Å². The van der Waals surface area contributed by atoms with Crippen LogP contribution >= 0.6 is 0 Å². The van der Waals surface area contributed by atoms with Crippen molar-refractivity contribution in [3.8, 4) is 0 Å². The number of rotatable bonds is 6. The normalized spacial score (nSPS) is 11.9. The van der Waals surface area contributed by atoms with Crippen LogP contribution in [0.3, 0.4) is 0 Å². The van der Waals surface area contributed by atoms with Crippen molar-refractivity contribution in [2.24, 2.45) is 0 Å². The molecule has 0 aliphatic heterocycles. The van der Waals surface area contributed by atoms with Crippen molar-refractivity contribution in [3.05, 3.63) is 23.8 Å². The van der Waals surface area contributed by atoms with Gasteiger partial charge in [-0.3, -0.25) is 4.79 Å². The van der Waals surface area contributed by atoms with E-state index < -0.39 is 16.0 Å². The topological polar surface area (TPSA) is 89.7 Å². The summed E-state index contributed by atoms with van der Waals surface area (Å²) in [4.78, 5) is 11.6. The predicted octanol–water partition coefficient (Wildman–Crippen LogP) is 1.54. The largest absolute Gasteiger partial charge is 0.465 e. The van der Waals surface area contributed by atoms with E-state index >= 15 is 0 Å². The van der Waals surface area contributed by atoms with Gasteiger partial charge >= 0.3 is 5.97 Å². The Morgan fingerprint density at radius 2 is 2.00 bits per heavy atom. The molecule has 0 aliphatic rings. The minimum atomic E-state index is -3.85. The molecule has 0 spiro atoms. The Morgan fingerprint density at radius 1 is 1.38 bits per heavy atom. The zero-order valence-electron chi connectivity index (χ0n) is 12.8. The maximum absolute atomic E-state index is 12.7. The first-order valence-electron chi connectivity index (χ1n) is 6.73. The highest BCUT2D eigenvalue weighted by atomic mass is 32.2. The van der Waals surface area contributed by atoms with Gasteiger partial charge in [0, 0.05) is 6.04 Å². The number of anilines is 1. The number of sulfonamides is 1. The molecule has 0 amide bonds. The van der Waals surface area contributed by atoms with Crippen LogP contribution in [0.5, 0.6) is 0 Å². The van der Waals surface area contributed by atoms with E-state index in [1.165, 1.54) is 6.07 Å². The fourth-order valence-electron chi connectivity index (χ4n) is 1.91. The highest BCUT2D eigenvalue weighted by molar-refractivity contribution is 7.89. The highest BCUT2D eigenvalue weighted by Crippen LogP contribution is 2.24. The zero-order chi connectivity index (χ0) is 16.2. The molecule has 0 radical (unpaired) electrons. The standard InChI is InChI=1S/C14H22N2O4S/c1-5-20-14(17)9-16(10(2)3)21(18,19)13-7-6-11(4)8-12(13)15/h6-8,10H,5,9,15H2,1-4H3. The number of hydrogen-bond donors (Lipinski definition) is 1. The van der Waals surface area contributed by atoms with Crippen molar-refractivity contribution in [3.63, 3.8) is 0 Å². The van der Waals surface area contributed by atoms with E-state index in [0.717, 1.165) is 9.87 Å². The van der Waals surface area contributed by atoms with Crippen molar-refractivity contribution in [2.45, 2.75) is 38.6 Å². The first-order valence-corrected chi connectivity index (χ1v) is 8.17. The molecule has 0 heterocycles. The van der Waals surface area contributed by atoms with E-state index in [9.17, 15) is 13.2 Å². The Kier molecular flexibility index (Phi) is 5.74. The Bertz CT molecular complexity index is 611. The molecular formula is C14H22N2O4S. The van der Waals surface area contributed by atoms with Crippen LogP contribution in [0.4, 0.5) is 5.69 Å². The van der Waals surface area contributed by atoms with E-state index in [1.807, 2.05) is 6.92 Å². The van der Waals surface area contributed by atoms with Crippen LogP contribution in [0.1, 0.15) is 26.3 Å². The third-order valence-electron chi connectivity index (χ3n) is 2.92. The van der Waals surface area contributed by atoms with Gasteiger partial charge < -0.3 is 10.5 Å². The summed E-state index contributed by atoms with van der Waals surface area (Å²) in [6.45, 7) is 6.76. The quantitative estimate of drug-likeness (QED) is 0.635. The second-order valence-corrected chi connectivity index (χ2v) is 6.85. The summed E-state index contributed by atoms with van der Waals surface area (Å²) < 4.78 is 31.3. The number of hydrogen-bond acceptors (Lipinski definition) is 5. The van der Waals surface area contributed by atoms with Gasteiger partial charge in [0.15, 0.2) is 0 Å². The molecule has 0 bridgehead atoms. The second-order valence-electron chi connectivity index (χ2n) is 4.99. The minimum Gasteiger partial charge on any atom is -0.465 e. The number of nitrogens with two attached hydrogens (primary N) is 1. The summed E-state index contributed by atoms with van der Waals surface area (Å²) in [5.74, 6) is -0.583. The summed E-state index contributed by atoms with van der Waals surface area (Å²) >= 11 is 0. The van der Waals surface area contributed by atoms with Crippen molar-refractivity contribution >= 4 is 21.7 Å². The lowest BCUT2D eigenvalue weighted by Gasteiger charge is -2.25. The van der Waals surface area contributed by atoms with Gasteiger partial charge in [-0.25, -0.2) is 8.42 Å². The van der Waals surface area contributed by atoms with Gasteiger partial charge in [0.2, 0.25) is 10.0 Å². The van der Waals surface area contributed by atoms with Crippen LogP contribution < -0.4 is 5.73 Å². The van der Waals surface area contributed by atoms with Gasteiger partial charge in [-0.15, -0.1) is 0 Å². The summed E-state index contributed by atoms with van der Waals surface area (Å²) in [5.41, 5.74) is 6.85. The van der Waals surface area contributed by atoms with E-state index in [0.29, 0.717) is 0 Å². The van der Waals surface area contributed by atoms with E-state index in [2.05, 4.69) is 0 Å². The molecule has 1 rings (SSSR count). The van der Waals surface area contributed by atoms with Crippen LogP contribution in [0.15, 0.2) is 23.1 Å². The molecule has 0 atom stereocenters. The Morgan fingerprint density at radius 3 is 2.48 bits per heavy atom. The molecular weight excluding hydrogens is 292 g/mol. The fraction of sp³-hybridized carbons (Fsp3) is 0.500. The third kappa shape index (κ3) is 4.18. The second kappa shape index (κ2) is 6.91. The van der Waals surface area contributed by atoms with Gasteiger partial charge in [-0.2, -0.15) is 4.31 Å². The summed E-state index contributed by atoms with van der Waals surface area (Å²) in [6, 6.07) is 4.34. The molecule has 0 saturated heterocycles. The maximum Gasteiger partial charge on any atom is 0.321 e. The van der Waals surface area contributed by atoms with Crippen molar-refractivity contribution in [1.82, 2.24) is 4.31 Å². The molecule has 0 unspecified atom stereocenters. The molecule has 0 saturated carbocycles. The smallest absolute Gasteiger partial charge is 0.321 e. The molecule has 1 aromatic carbocycles. The number of nitrogens with zero attached hydrogens (tertiary/aromatic N) is 1. The number of carbonyl (C=O) groups is 1. The Balaban J connectivity index is 3.19. The monoisotopic (exact) mass is 314 g/mol. The Hall–Kier alpha value is -1.60. The van der Waals surface area contributed by atoms with E-state index in [4.69, 9.17) is 10.5 Å². The lowest BCUT2D eigenvalue weighted by Crippen LogP contribution is -2.41. The summed E-state index contributed by atoms with van der Waals surface area (Å²) in [6.07, 6.45) is 0. The number of aryl methyl sites for hydroxylation is 1. The first-order chi connectivity index (χ1) is 9.70. The number of esters is 1. The van der Waals surface area contributed by atoms with Crippen LogP contribution in [-0.2, 0) is 19.6 Å². The molecule has 2 N–H and O–H groups in total. The SMILES string of the molecule is CCOC(=O)CN(C(C)C)S(=O)(=O)c1ccc(C)cc1N. The van der Waals surface area contributed by atoms with Crippen LogP contribution in [0.2, 0.25) is 0 Å². The van der Waals surface area contributed by atoms with Crippen molar-refractivity contribution in [2.75, 3.05) is 18.9 Å². The summed E-state index contributed by atoms with van der Waals surface area (Å²) in [5, 5.41) is 0. The number of ether oxygens (including phenoxy) is 1. The van der Waals surface area contributed by atoms with E-state index in [1.54, 1.807) is 32.9 Å². The number of nitrogen functional groups attached to an aromatic ring is 1. The number of carbonyl (C=O) groups excluding carboxylic acids is 1. The van der Waals surface area contributed by atoms with Gasteiger partial charge in [0.05, 0.1) is 12.3 Å². The lowest BCUT2D eigenvalue weighted by atomic mass is 10.2. The molecule has 118 valence electrons. The van der Waals surface area contributed by atoms with Crippen LogP contribution in [0, 0.1) is 6.92 Å². The third-order valence-corrected chi connectivity index (χ3v) is 5.01. The van der Waals surface area contributed by atoms with Crippen molar-refractivity contribution < 1.29 is 17.9 Å². The molecule has 7 heteroatoms.